The summed E-state index contributed by atoms with van der Waals surface area (Å²) in [5.74, 6) is -0.111. The molecule has 2 aliphatic rings. The molecule has 2 heterocycles. The van der Waals surface area contributed by atoms with Gasteiger partial charge in [-0.15, -0.1) is 0 Å². The molecule has 1 unspecified atom stereocenters. The van der Waals surface area contributed by atoms with Crippen LogP contribution in [0, 0.1) is 0 Å². The number of rotatable bonds is 5. The predicted octanol–water partition coefficient (Wildman–Crippen LogP) is 2.45. The van der Waals surface area contributed by atoms with Gasteiger partial charge in [0, 0.05) is 38.9 Å². The molecule has 0 N–H and O–H groups in total. The first-order valence-corrected chi connectivity index (χ1v) is 11.8. The van der Waals surface area contributed by atoms with Crippen LogP contribution in [0.15, 0.2) is 24.3 Å². The SMILES string of the molecule is CN(Cc1ccc(N2CCCCC2)cc1)C(=O)C1CCCCN1S(C)(=O)=O. The van der Waals surface area contributed by atoms with Crippen LogP contribution in [0.5, 0.6) is 0 Å². The lowest BCUT2D eigenvalue weighted by molar-refractivity contribution is -0.135. The molecule has 6 nitrogen and oxygen atoms in total. The van der Waals surface area contributed by atoms with E-state index >= 15 is 0 Å². The van der Waals surface area contributed by atoms with Crippen LogP contribution in [0.1, 0.15) is 44.1 Å². The Balaban J connectivity index is 1.63. The van der Waals surface area contributed by atoms with Gasteiger partial charge in [-0.25, -0.2) is 8.42 Å². The second-order valence-corrected chi connectivity index (χ2v) is 9.73. The molecule has 2 aliphatic heterocycles. The Bertz CT molecular complexity index is 742. The van der Waals surface area contributed by atoms with Gasteiger partial charge in [0.1, 0.15) is 6.04 Å². The van der Waals surface area contributed by atoms with Crippen molar-refractivity contribution in [2.75, 3.05) is 37.8 Å². The zero-order valence-electron chi connectivity index (χ0n) is 16.4. The minimum atomic E-state index is -3.36. The number of carbonyl (C=O) groups is 1. The van der Waals surface area contributed by atoms with Crippen LogP contribution in [-0.2, 0) is 21.4 Å². The fourth-order valence-corrected chi connectivity index (χ4v) is 5.24. The molecule has 1 atom stereocenters. The van der Waals surface area contributed by atoms with Gasteiger partial charge in [-0.3, -0.25) is 4.79 Å². The number of hydrogen-bond donors (Lipinski definition) is 0. The standard InChI is InChI=1S/C20H31N3O3S/c1-21(20(24)19-8-4-7-15-23(19)27(2,25)26)16-17-9-11-18(12-10-17)22-13-5-3-6-14-22/h9-12,19H,3-8,13-16H2,1-2H3. The van der Waals surface area contributed by atoms with E-state index < -0.39 is 16.1 Å². The number of anilines is 1. The van der Waals surface area contributed by atoms with E-state index in [1.807, 2.05) is 0 Å². The molecule has 2 fully saturated rings. The Morgan fingerprint density at radius 1 is 1.04 bits per heavy atom. The van der Waals surface area contributed by atoms with Gasteiger partial charge in [0.05, 0.1) is 6.26 Å². The third kappa shape index (κ3) is 5.02. The first-order valence-electron chi connectivity index (χ1n) is 9.92. The Morgan fingerprint density at radius 3 is 2.30 bits per heavy atom. The van der Waals surface area contributed by atoms with E-state index in [1.54, 1.807) is 11.9 Å². The van der Waals surface area contributed by atoms with Gasteiger partial charge in [0.2, 0.25) is 15.9 Å². The number of carbonyl (C=O) groups excluding carboxylic acids is 1. The van der Waals surface area contributed by atoms with Gasteiger partial charge in [-0.05, 0) is 49.8 Å². The molecular formula is C20H31N3O3S. The van der Waals surface area contributed by atoms with Gasteiger partial charge >= 0.3 is 0 Å². The highest BCUT2D eigenvalue weighted by molar-refractivity contribution is 7.88. The van der Waals surface area contributed by atoms with Crippen LogP contribution in [0.25, 0.3) is 0 Å². The van der Waals surface area contributed by atoms with Crippen molar-refractivity contribution in [2.45, 2.75) is 51.1 Å². The lowest BCUT2D eigenvalue weighted by Crippen LogP contribution is -2.51. The maximum atomic E-state index is 12.9. The topological polar surface area (TPSA) is 60.9 Å². The molecule has 0 bridgehead atoms. The Kier molecular flexibility index (Phi) is 6.42. The number of sulfonamides is 1. The molecule has 0 radical (unpaired) electrons. The maximum Gasteiger partial charge on any atom is 0.241 e. The van der Waals surface area contributed by atoms with Crippen molar-refractivity contribution in [3.05, 3.63) is 29.8 Å². The van der Waals surface area contributed by atoms with Crippen molar-refractivity contribution >= 4 is 21.6 Å². The summed E-state index contributed by atoms with van der Waals surface area (Å²) in [4.78, 5) is 17.0. The van der Waals surface area contributed by atoms with Gasteiger partial charge in [0.15, 0.2) is 0 Å². The number of nitrogens with zero attached hydrogens (tertiary/aromatic N) is 3. The van der Waals surface area contributed by atoms with E-state index in [0.29, 0.717) is 19.5 Å². The number of piperidine rings is 2. The van der Waals surface area contributed by atoms with Crippen molar-refractivity contribution in [1.29, 1.82) is 0 Å². The summed E-state index contributed by atoms with van der Waals surface area (Å²) in [5, 5.41) is 0. The van der Waals surface area contributed by atoms with Crippen molar-refractivity contribution < 1.29 is 13.2 Å². The van der Waals surface area contributed by atoms with Crippen molar-refractivity contribution in [1.82, 2.24) is 9.21 Å². The largest absolute Gasteiger partial charge is 0.372 e. The maximum absolute atomic E-state index is 12.9. The Labute approximate surface area is 163 Å². The number of likely N-dealkylation sites (N-methyl/N-ethyl adjacent to an activating group) is 1. The molecule has 27 heavy (non-hydrogen) atoms. The number of amides is 1. The van der Waals surface area contributed by atoms with E-state index in [-0.39, 0.29) is 5.91 Å². The van der Waals surface area contributed by atoms with E-state index in [1.165, 1.54) is 35.5 Å². The minimum Gasteiger partial charge on any atom is -0.372 e. The van der Waals surface area contributed by atoms with Gasteiger partial charge in [-0.2, -0.15) is 4.31 Å². The van der Waals surface area contributed by atoms with Gasteiger partial charge in [0.25, 0.3) is 0 Å². The second kappa shape index (κ2) is 8.61. The van der Waals surface area contributed by atoms with Crippen molar-refractivity contribution in [2.24, 2.45) is 0 Å². The Morgan fingerprint density at radius 2 is 1.67 bits per heavy atom. The normalized spacial score (nSPS) is 21.9. The average Bonchev–Trinajstić information content (AvgIpc) is 2.68. The number of benzene rings is 1. The molecule has 0 saturated carbocycles. The van der Waals surface area contributed by atoms with Crippen LogP contribution in [-0.4, -0.2) is 62.5 Å². The zero-order chi connectivity index (χ0) is 19.4. The third-order valence-electron chi connectivity index (χ3n) is 5.62. The fraction of sp³-hybridized carbons (Fsp3) is 0.650. The summed E-state index contributed by atoms with van der Waals surface area (Å²) in [5.41, 5.74) is 2.30. The summed E-state index contributed by atoms with van der Waals surface area (Å²) in [6, 6.07) is 7.84. The molecule has 0 spiro atoms. The quantitative estimate of drug-likeness (QED) is 0.771. The predicted molar refractivity (Wildman–Crippen MR) is 108 cm³/mol. The highest BCUT2D eigenvalue weighted by Crippen LogP contribution is 2.23. The number of hydrogen-bond acceptors (Lipinski definition) is 4. The zero-order valence-corrected chi connectivity index (χ0v) is 17.2. The molecular weight excluding hydrogens is 362 g/mol. The van der Waals surface area contributed by atoms with E-state index in [9.17, 15) is 13.2 Å². The van der Waals surface area contributed by atoms with Crippen LogP contribution >= 0.6 is 0 Å². The summed E-state index contributed by atoms with van der Waals surface area (Å²) in [6.07, 6.45) is 7.31. The Hall–Kier alpha value is -1.60. The van der Waals surface area contributed by atoms with Crippen LogP contribution < -0.4 is 4.90 Å². The molecule has 1 amide bonds. The minimum absolute atomic E-state index is 0.111. The lowest BCUT2D eigenvalue weighted by atomic mass is 10.0. The van der Waals surface area contributed by atoms with Crippen molar-refractivity contribution in [3.63, 3.8) is 0 Å². The average molecular weight is 394 g/mol. The molecule has 1 aromatic carbocycles. The van der Waals surface area contributed by atoms with Crippen molar-refractivity contribution in [3.8, 4) is 0 Å². The first-order chi connectivity index (χ1) is 12.9. The third-order valence-corrected chi connectivity index (χ3v) is 6.91. The molecule has 7 heteroatoms. The second-order valence-electron chi connectivity index (χ2n) is 7.79. The van der Waals surface area contributed by atoms with Gasteiger partial charge in [-0.1, -0.05) is 18.6 Å². The van der Waals surface area contributed by atoms with Gasteiger partial charge < -0.3 is 9.80 Å². The molecule has 0 aromatic heterocycles. The van der Waals surface area contributed by atoms with E-state index in [0.717, 1.165) is 31.5 Å². The lowest BCUT2D eigenvalue weighted by Gasteiger charge is -2.35. The highest BCUT2D eigenvalue weighted by Gasteiger charge is 2.35. The molecule has 150 valence electrons. The highest BCUT2D eigenvalue weighted by atomic mass is 32.2. The summed E-state index contributed by atoms with van der Waals surface area (Å²) >= 11 is 0. The molecule has 1 aromatic rings. The van der Waals surface area contributed by atoms with Crippen LogP contribution in [0.3, 0.4) is 0 Å². The summed E-state index contributed by atoms with van der Waals surface area (Å²) < 4.78 is 25.4. The van der Waals surface area contributed by atoms with Crippen LogP contribution in [0.4, 0.5) is 5.69 Å². The molecule has 0 aliphatic carbocycles. The fourth-order valence-electron chi connectivity index (χ4n) is 4.12. The first kappa shape index (κ1) is 20.1. The molecule has 3 rings (SSSR count). The monoisotopic (exact) mass is 393 g/mol. The summed E-state index contributed by atoms with van der Waals surface area (Å²) in [6.45, 7) is 3.16. The smallest absolute Gasteiger partial charge is 0.241 e. The van der Waals surface area contributed by atoms with E-state index in [2.05, 4.69) is 29.2 Å². The van der Waals surface area contributed by atoms with Crippen LogP contribution in [0.2, 0.25) is 0 Å². The molecule has 2 saturated heterocycles. The van der Waals surface area contributed by atoms with E-state index in [4.69, 9.17) is 0 Å². The summed E-state index contributed by atoms with van der Waals surface area (Å²) in [7, 11) is -1.60.